The lowest BCUT2D eigenvalue weighted by atomic mass is 9.97. The molecule has 96 valence electrons. The zero-order chi connectivity index (χ0) is 13.4. The Kier molecular flexibility index (Phi) is 2.86. The van der Waals surface area contributed by atoms with Crippen LogP contribution in [0.3, 0.4) is 0 Å². The van der Waals surface area contributed by atoms with Gasteiger partial charge >= 0.3 is 0 Å². The molecule has 1 aliphatic rings. The maximum atomic E-state index is 12.5. The van der Waals surface area contributed by atoms with Crippen molar-refractivity contribution in [3.05, 3.63) is 64.2 Å². The van der Waals surface area contributed by atoms with Gasteiger partial charge in [0.2, 0.25) is 0 Å². The Bertz CT molecular complexity index is 658. The number of anilines is 1. The highest BCUT2D eigenvalue weighted by Gasteiger charge is 2.17. The zero-order valence-electron chi connectivity index (χ0n) is 11.1. The monoisotopic (exact) mass is 251 g/mol. The maximum absolute atomic E-state index is 12.5. The van der Waals surface area contributed by atoms with E-state index in [1.54, 1.807) is 6.07 Å². The SMILES string of the molecule is Cc1cccc(C(=O)c2ccc3c(c2)CCC3)c1N. The normalized spacial score (nSPS) is 13.3. The van der Waals surface area contributed by atoms with Crippen LogP contribution in [0, 0.1) is 6.92 Å². The minimum Gasteiger partial charge on any atom is -0.398 e. The Morgan fingerprint density at radius 1 is 1.11 bits per heavy atom. The van der Waals surface area contributed by atoms with Gasteiger partial charge in [0.25, 0.3) is 0 Å². The molecule has 0 spiro atoms. The number of benzene rings is 2. The molecule has 0 saturated carbocycles. The molecule has 2 aromatic carbocycles. The molecular weight excluding hydrogens is 234 g/mol. The first-order chi connectivity index (χ1) is 9.16. The van der Waals surface area contributed by atoms with Crippen molar-refractivity contribution in [2.75, 3.05) is 5.73 Å². The van der Waals surface area contributed by atoms with E-state index in [1.165, 1.54) is 17.5 Å². The van der Waals surface area contributed by atoms with Crippen LogP contribution in [0.4, 0.5) is 5.69 Å². The van der Waals surface area contributed by atoms with Crippen molar-refractivity contribution in [1.82, 2.24) is 0 Å². The van der Waals surface area contributed by atoms with Gasteiger partial charge in [0.15, 0.2) is 5.78 Å². The number of rotatable bonds is 2. The number of para-hydroxylation sites is 1. The molecule has 0 fully saturated rings. The van der Waals surface area contributed by atoms with Crippen molar-refractivity contribution in [2.24, 2.45) is 0 Å². The van der Waals surface area contributed by atoms with E-state index in [1.807, 2.05) is 31.2 Å². The molecule has 2 nitrogen and oxygen atoms in total. The van der Waals surface area contributed by atoms with Crippen LogP contribution in [0.1, 0.15) is 39.0 Å². The van der Waals surface area contributed by atoms with E-state index in [2.05, 4.69) is 6.07 Å². The van der Waals surface area contributed by atoms with Crippen molar-refractivity contribution in [3.63, 3.8) is 0 Å². The number of nitrogen functional groups attached to an aromatic ring is 1. The van der Waals surface area contributed by atoms with Gasteiger partial charge in [0, 0.05) is 16.8 Å². The molecule has 0 atom stereocenters. The summed E-state index contributed by atoms with van der Waals surface area (Å²) >= 11 is 0. The van der Waals surface area contributed by atoms with Crippen molar-refractivity contribution in [3.8, 4) is 0 Å². The molecule has 0 amide bonds. The van der Waals surface area contributed by atoms with E-state index in [4.69, 9.17) is 5.73 Å². The standard InChI is InChI=1S/C17H17NO/c1-11-4-2-7-15(16(11)18)17(19)14-9-8-12-5-3-6-13(12)10-14/h2,4,7-10H,3,5-6,18H2,1H3. The molecule has 1 aliphatic carbocycles. The molecule has 0 saturated heterocycles. The third-order valence-electron chi connectivity index (χ3n) is 3.93. The minimum atomic E-state index is 0.0240. The van der Waals surface area contributed by atoms with Crippen LogP contribution in [-0.4, -0.2) is 5.78 Å². The highest BCUT2D eigenvalue weighted by molar-refractivity contribution is 6.12. The average Bonchev–Trinajstić information content (AvgIpc) is 2.88. The van der Waals surface area contributed by atoms with Crippen LogP contribution in [0.25, 0.3) is 0 Å². The number of nitrogens with two attached hydrogens (primary N) is 1. The van der Waals surface area contributed by atoms with Crippen LogP contribution in [0.5, 0.6) is 0 Å². The number of carbonyl (C=O) groups excluding carboxylic acids is 1. The van der Waals surface area contributed by atoms with Gasteiger partial charge in [0.1, 0.15) is 0 Å². The first kappa shape index (κ1) is 12.0. The lowest BCUT2D eigenvalue weighted by molar-refractivity contribution is 0.103. The summed E-state index contributed by atoms with van der Waals surface area (Å²) in [5.41, 5.74) is 11.6. The van der Waals surface area contributed by atoms with Gasteiger partial charge in [-0.25, -0.2) is 0 Å². The van der Waals surface area contributed by atoms with Crippen molar-refractivity contribution in [2.45, 2.75) is 26.2 Å². The Balaban J connectivity index is 2.02. The molecule has 2 N–H and O–H groups in total. The second kappa shape index (κ2) is 4.54. The van der Waals surface area contributed by atoms with E-state index < -0.39 is 0 Å². The summed E-state index contributed by atoms with van der Waals surface area (Å²) in [6.45, 7) is 1.93. The Labute approximate surface area is 113 Å². The molecule has 2 heteroatoms. The van der Waals surface area contributed by atoms with Crippen LogP contribution < -0.4 is 5.73 Å². The molecule has 0 aliphatic heterocycles. The summed E-state index contributed by atoms with van der Waals surface area (Å²) in [6.07, 6.45) is 3.41. The second-order valence-electron chi connectivity index (χ2n) is 5.20. The summed E-state index contributed by atoms with van der Waals surface area (Å²) < 4.78 is 0. The van der Waals surface area contributed by atoms with Crippen LogP contribution >= 0.6 is 0 Å². The van der Waals surface area contributed by atoms with Gasteiger partial charge in [-0.3, -0.25) is 4.79 Å². The first-order valence-electron chi connectivity index (χ1n) is 6.68. The van der Waals surface area contributed by atoms with Gasteiger partial charge in [-0.15, -0.1) is 0 Å². The largest absolute Gasteiger partial charge is 0.398 e. The topological polar surface area (TPSA) is 43.1 Å². The molecule has 0 bridgehead atoms. The Morgan fingerprint density at radius 2 is 1.89 bits per heavy atom. The number of carbonyl (C=O) groups is 1. The van der Waals surface area contributed by atoms with Crippen LogP contribution in [0.2, 0.25) is 0 Å². The third-order valence-corrected chi connectivity index (χ3v) is 3.93. The van der Waals surface area contributed by atoms with Gasteiger partial charge in [-0.1, -0.05) is 24.3 Å². The molecule has 0 radical (unpaired) electrons. The fourth-order valence-electron chi connectivity index (χ4n) is 2.75. The van der Waals surface area contributed by atoms with Crippen LogP contribution in [-0.2, 0) is 12.8 Å². The fraction of sp³-hybridized carbons (Fsp3) is 0.235. The molecule has 3 rings (SSSR count). The van der Waals surface area contributed by atoms with Crippen molar-refractivity contribution < 1.29 is 4.79 Å². The zero-order valence-corrected chi connectivity index (χ0v) is 11.1. The molecule has 0 aromatic heterocycles. The highest BCUT2D eigenvalue weighted by atomic mass is 16.1. The van der Waals surface area contributed by atoms with Gasteiger partial charge in [-0.2, -0.15) is 0 Å². The van der Waals surface area contributed by atoms with Gasteiger partial charge in [-0.05, 0) is 55.0 Å². The molecule has 0 heterocycles. The molecule has 19 heavy (non-hydrogen) atoms. The number of ketones is 1. The smallest absolute Gasteiger partial charge is 0.195 e. The first-order valence-corrected chi connectivity index (χ1v) is 6.68. The lowest BCUT2D eigenvalue weighted by Crippen LogP contribution is -2.07. The predicted octanol–water partition coefficient (Wildman–Crippen LogP) is 3.30. The molecule has 0 unspecified atom stereocenters. The van der Waals surface area contributed by atoms with E-state index in [0.29, 0.717) is 11.3 Å². The summed E-state index contributed by atoms with van der Waals surface area (Å²) in [6, 6.07) is 11.7. The second-order valence-corrected chi connectivity index (χ2v) is 5.20. The maximum Gasteiger partial charge on any atom is 0.195 e. The van der Waals surface area contributed by atoms with E-state index in [-0.39, 0.29) is 5.78 Å². The quantitative estimate of drug-likeness (QED) is 0.657. The van der Waals surface area contributed by atoms with E-state index >= 15 is 0 Å². The number of hydrogen-bond acceptors (Lipinski definition) is 2. The molecular formula is C17H17NO. The number of fused-ring (bicyclic) bond motifs is 1. The van der Waals surface area contributed by atoms with E-state index in [0.717, 1.165) is 24.0 Å². The van der Waals surface area contributed by atoms with Crippen molar-refractivity contribution >= 4 is 11.5 Å². The fourth-order valence-corrected chi connectivity index (χ4v) is 2.75. The van der Waals surface area contributed by atoms with Gasteiger partial charge < -0.3 is 5.73 Å². The highest BCUT2D eigenvalue weighted by Crippen LogP contribution is 2.25. The lowest BCUT2D eigenvalue weighted by Gasteiger charge is -2.08. The van der Waals surface area contributed by atoms with E-state index in [9.17, 15) is 4.79 Å². The minimum absolute atomic E-state index is 0.0240. The summed E-state index contributed by atoms with van der Waals surface area (Å²) in [5, 5.41) is 0. The number of hydrogen-bond donors (Lipinski definition) is 1. The average molecular weight is 251 g/mol. The predicted molar refractivity (Wildman–Crippen MR) is 77.5 cm³/mol. The summed E-state index contributed by atoms with van der Waals surface area (Å²) in [4.78, 5) is 12.5. The third kappa shape index (κ3) is 2.03. The molecule has 2 aromatic rings. The van der Waals surface area contributed by atoms with Gasteiger partial charge in [0.05, 0.1) is 0 Å². The summed E-state index contributed by atoms with van der Waals surface area (Å²) in [5.74, 6) is 0.0240. The van der Waals surface area contributed by atoms with Crippen molar-refractivity contribution in [1.29, 1.82) is 0 Å². The van der Waals surface area contributed by atoms with Crippen LogP contribution in [0.15, 0.2) is 36.4 Å². The number of aryl methyl sites for hydroxylation is 3. The Morgan fingerprint density at radius 3 is 2.74 bits per heavy atom. The Hall–Kier alpha value is -2.09. The summed E-state index contributed by atoms with van der Waals surface area (Å²) in [7, 11) is 0.